The number of carbonyl (C=O) groups is 2. The molecule has 196 valence electrons. The molecule has 5 nitrogen and oxygen atoms in total. The van der Waals surface area contributed by atoms with Crippen LogP contribution in [0.3, 0.4) is 0 Å². The summed E-state index contributed by atoms with van der Waals surface area (Å²) in [6.07, 6.45) is 1.77. The standard InChI is InChI=1S/C31H31ClFN3O2/c1-31(2)17-25-29(27(37)18-31)30(21-9-13-23(33)14-10-21)36(26-6-4-3-5-24(26)35-25)19-28(38)34-16-15-20-7-11-22(32)12-8-20/h3-14,30,35H,15-19H2,1-2H3,(H,34,38). The number of amides is 1. The second-order valence-corrected chi connectivity index (χ2v) is 11.2. The Morgan fingerprint density at radius 2 is 1.76 bits per heavy atom. The van der Waals surface area contributed by atoms with Gasteiger partial charge in [-0.2, -0.15) is 0 Å². The summed E-state index contributed by atoms with van der Waals surface area (Å²) in [6, 6.07) is 21.0. The van der Waals surface area contributed by atoms with Gasteiger partial charge in [0.15, 0.2) is 5.78 Å². The van der Waals surface area contributed by atoms with Crippen LogP contribution in [0, 0.1) is 11.2 Å². The van der Waals surface area contributed by atoms with Crippen LogP contribution < -0.4 is 15.5 Å². The van der Waals surface area contributed by atoms with Gasteiger partial charge in [-0.05, 0) is 65.8 Å². The van der Waals surface area contributed by atoms with Gasteiger partial charge in [-0.25, -0.2) is 4.39 Å². The number of anilines is 2. The summed E-state index contributed by atoms with van der Waals surface area (Å²) < 4.78 is 13.9. The van der Waals surface area contributed by atoms with Crippen molar-refractivity contribution in [3.8, 4) is 0 Å². The van der Waals surface area contributed by atoms with Crippen LogP contribution in [0.15, 0.2) is 84.1 Å². The Hall–Kier alpha value is -3.64. The minimum Gasteiger partial charge on any atom is -0.357 e. The van der Waals surface area contributed by atoms with E-state index in [1.165, 1.54) is 12.1 Å². The van der Waals surface area contributed by atoms with Crippen molar-refractivity contribution in [2.24, 2.45) is 5.41 Å². The minimum atomic E-state index is -0.535. The first-order chi connectivity index (χ1) is 18.2. The van der Waals surface area contributed by atoms with E-state index in [1.54, 1.807) is 12.1 Å². The van der Waals surface area contributed by atoms with E-state index in [9.17, 15) is 14.0 Å². The average Bonchev–Trinajstić information content (AvgIpc) is 2.99. The van der Waals surface area contributed by atoms with Crippen molar-refractivity contribution in [2.75, 3.05) is 23.3 Å². The molecule has 0 saturated heterocycles. The zero-order valence-electron chi connectivity index (χ0n) is 21.6. The van der Waals surface area contributed by atoms with Gasteiger partial charge in [0.25, 0.3) is 0 Å². The number of hydrogen-bond acceptors (Lipinski definition) is 4. The molecule has 1 atom stereocenters. The van der Waals surface area contributed by atoms with Gasteiger partial charge in [0.05, 0.1) is 24.0 Å². The molecular weight excluding hydrogens is 501 g/mol. The topological polar surface area (TPSA) is 61.4 Å². The summed E-state index contributed by atoms with van der Waals surface area (Å²) in [4.78, 5) is 28.9. The number of para-hydroxylation sites is 2. The third-order valence-electron chi connectivity index (χ3n) is 7.15. The van der Waals surface area contributed by atoms with Gasteiger partial charge in [0, 0.05) is 29.3 Å². The van der Waals surface area contributed by atoms with Crippen LogP contribution in [0.2, 0.25) is 5.02 Å². The van der Waals surface area contributed by atoms with Crippen molar-refractivity contribution in [1.29, 1.82) is 0 Å². The van der Waals surface area contributed by atoms with Crippen molar-refractivity contribution >= 4 is 34.7 Å². The maximum absolute atomic E-state index is 13.9. The molecule has 5 rings (SSSR count). The van der Waals surface area contributed by atoms with E-state index < -0.39 is 6.04 Å². The Morgan fingerprint density at radius 1 is 1.05 bits per heavy atom. The molecule has 1 aliphatic carbocycles. The lowest BCUT2D eigenvalue weighted by Gasteiger charge is -2.37. The highest BCUT2D eigenvalue weighted by Crippen LogP contribution is 2.48. The first-order valence-corrected chi connectivity index (χ1v) is 13.2. The van der Waals surface area contributed by atoms with E-state index >= 15 is 0 Å². The van der Waals surface area contributed by atoms with Gasteiger partial charge >= 0.3 is 0 Å². The molecule has 2 N–H and O–H groups in total. The number of allylic oxidation sites excluding steroid dienone is 1. The fourth-order valence-electron chi connectivity index (χ4n) is 5.43. The second-order valence-electron chi connectivity index (χ2n) is 10.8. The predicted octanol–water partition coefficient (Wildman–Crippen LogP) is 6.45. The van der Waals surface area contributed by atoms with Crippen molar-refractivity contribution < 1.29 is 14.0 Å². The number of hydrogen-bond donors (Lipinski definition) is 2. The molecule has 7 heteroatoms. The molecular formula is C31H31ClFN3O2. The summed E-state index contributed by atoms with van der Waals surface area (Å²) in [5.41, 5.74) is 4.80. The van der Waals surface area contributed by atoms with Gasteiger partial charge in [-0.3, -0.25) is 9.59 Å². The molecule has 1 heterocycles. The quantitative estimate of drug-likeness (QED) is 0.383. The molecule has 2 aliphatic rings. The monoisotopic (exact) mass is 531 g/mol. The average molecular weight is 532 g/mol. The van der Waals surface area contributed by atoms with Crippen LogP contribution >= 0.6 is 11.6 Å². The smallest absolute Gasteiger partial charge is 0.239 e. The lowest BCUT2D eigenvalue weighted by molar-refractivity contribution is -0.120. The Labute approximate surface area is 227 Å². The van der Waals surface area contributed by atoms with Crippen LogP contribution in [0.1, 0.15) is 43.9 Å². The largest absolute Gasteiger partial charge is 0.357 e. The number of halogens is 2. The fourth-order valence-corrected chi connectivity index (χ4v) is 5.55. The molecule has 0 radical (unpaired) electrons. The lowest BCUT2D eigenvalue weighted by Crippen LogP contribution is -2.42. The van der Waals surface area contributed by atoms with Crippen molar-refractivity contribution in [1.82, 2.24) is 5.32 Å². The highest BCUT2D eigenvalue weighted by atomic mass is 35.5. The summed E-state index contributed by atoms with van der Waals surface area (Å²) in [6.45, 7) is 4.68. The van der Waals surface area contributed by atoms with Gasteiger partial charge in [-0.1, -0.05) is 61.8 Å². The number of nitrogens with zero attached hydrogens (tertiary/aromatic N) is 1. The molecule has 0 spiro atoms. The number of nitrogens with one attached hydrogen (secondary N) is 2. The Balaban J connectivity index is 1.50. The van der Waals surface area contributed by atoms with E-state index in [0.29, 0.717) is 36.4 Å². The van der Waals surface area contributed by atoms with E-state index in [2.05, 4.69) is 24.5 Å². The van der Waals surface area contributed by atoms with E-state index in [4.69, 9.17) is 11.6 Å². The molecule has 1 unspecified atom stereocenters. The van der Waals surface area contributed by atoms with Gasteiger partial charge < -0.3 is 15.5 Å². The molecule has 38 heavy (non-hydrogen) atoms. The van der Waals surface area contributed by atoms with Crippen molar-refractivity contribution in [3.05, 3.63) is 106 Å². The van der Waals surface area contributed by atoms with Gasteiger partial charge in [-0.15, -0.1) is 0 Å². The SMILES string of the molecule is CC1(C)CC(=O)C2=C(C1)Nc1ccccc1N(CC(=O)NCCc1ccc(Cl)cc1)C2c1ccc(F)cc1. The zero-order valence-corrected chi connectivity index (χ0v) is 22.3. The van der Waals surface area contributed by atoms with Crippen molar-refractivity contribution in [2.45, 2.75) is 39.2 Å². The molecule has 0 aromatic heterocycles. The fraction of sp³-hybridized carbons (Fsp3) is 0.290. The summed E-state index contributed by atoms with van der Waals surface area (Å²) in [5.74, 6) is -0.467. The van der Waals surface area contributed by atoms with E-state index in [1.807, 2.05) is 53.4 Å². The van der Waals surface area contributed by atoms with E-state index in [-0.39, 0.29) is 29.5 Å². The number of carbonyl (C=O) groups excluding carboxylic acids is 2. The lowest BCUT2D eigenvalue weighted by atomic mass is 9.73. The zero-order chi connectivity index (χ0) is 26.9. The minimum absolute atomic E-state index is 0.0365. The van der Waals surface area contributed by atoms with Crippen LogP contribution in [0.5, 0.6) is 0 Å². The van der Waals surface area contributed by atoms with Gasteiger partial charge in [0.2, 0.25) is 5.91 Å². The molecule has 0 fully saturated rings. The third-order valence-corrected chi connectivity index (χ3v) is 7.40. The predicted molar refractivity (Wildman–Crippen MR) is 150 cm³/mol. The number of benzene rings is 3. The first kappa shape index (κ1) is 26.0. The summed E-state index contributed by atoms with van der Waals surface area (Å²) >= 11 is 5.98. The maximum atomic E-state index is 13.9. The highest BCUT2D eigenvalue weighted by molar-refractivity contribution is 6.30. The molecule has 3 aromatic rings. The number of Topliss-reactive ketones (excluding diaryl/α,β-unsaturated/α-hetero) is 1. The normalized spacial score (nSPS) is 18.3. The first-order valence-electron chi connectivity index (χ1n) is 12.9. The molecule has 3 aromatic carbocycles. The maximum Gasteiger partial charge on any atom is 0.239 e. The second kappa shape index (κ2) is 10.6. The molecule has 0 saturated carbocycles. The summed E-state index contributed by atoms with van der Waals surface area (Å²) in [7, 11) is 0. The number of rotatable bonds is 6. The molecule has 0 bridgehead atoms. The van der Waals surface area contributed by atoms with Crippen molar-refractivity contribution in [3.63, 3.8) is 0 Å². The van der Waals surface area contributed by atoms with Crippen LogP contribution in [-0.4, -0.2) is 24.8 Å². The van der Waals surface area contributed by atoms with Gasteiger partial charge in [0.1, 0.15) is 5.82 Å². The van der Waals surface area contributed by atoms with Crippen LogP contribution in [0.25, 0.3) is 0 Å². The third kappa shape index (κ3) is 5.60. The Bertz CT molecular complexity index is 1380. The molecule has 1 aliphatic heterocycles. The number of ketones is 1. The highest BCUT2D eigenvalue weighted by Gasteiger charge is 2.41. The van der Waals surface area contributed by atoms with Crippen LogP contribution in [0.4, 0.5) is 15.8 Å². The molecule has 1 amide bonds. The Morgan fingerprint density at radius 3 is 2.50 bits per heavy atom. The number of fused-ring (bicyclic) bond motifs is 1. The van der Waals surface area contributed by atoms with E-state index in [0.717, 1.165) is 28.2 Å². The van der Waals surface area contributed by atoms with Crippen LogP contribution in [-0.2, 0) is 16.0 Å². The summed E-state index contributed by atoms with van der Waals surface area (Å²) in [5, 5.41) is 7.23. The Kier molecular flexibility index (Phi) is 7.26.